The van der Waals surface area contributed by atoms with Gasteiger partial charge in [-0.05, 0) is 31.0 Å². The van der Waals surface area contributed by atoms with Crippen LogP contribution in [0.15, 0.2) is 36.4 Å². The van der Waals surface area contributed by atoms with E-state index in [4.69, 9.17) is 21.4 Å². The molecule has 5 heteroatoms. The fourth-order valence-electron chi connectivity index (χ4n) is 2.54. The summed E-state index contributed by atoms with van der Waals surface area (Å²) >= 11 is 6.03. The Hall–Kier alpha value is -1.91. The molecule has 0 saturated carbocycles. The van der Waals surface area contributed by atoms with E-state index in [0.29, 0.717) is 10.7 Å². The molecule has 2 heterocycles. The van der Waals surface area contributed by atoms with Crippen LogP contribution in [-0.4, -0.2) is 22.7 Å². The lowest BCUT2D eigenvalue weighted by Gasteiger charge is -2.15. The Morgan fingerprint density at radius 3 is 2.86 bits per heavy atom. The molecule has 1 aromatic heterocycles. The Labute approximate surface area is 127 Å². The third-order valence-electron chi connectivity index (χ3n) is 3.52. The number of carbonyl (C=O) groups is 1. The average Bonchev–Trinajstić information content (AvgIpc) is 3.00. The molecule has 1 atom stereocenters. The Kier molecular flexibility index (Phi) is 3.90. The highest BCUT2D eigenvalue weighted by Gasteiger charge is 2.23. The van der Waals surface area contributed by atoms with Crippen LogP contribution in [0.25, 0.3) is 11.3 Å². The first-order chi connectivity index (χ1) is 10.1. The van der Waals surface area contributed by atoms with Crippen molar-refractivity contribution in [2.24, 2.45) is 0 Å². The van der Waals surface area contributed by atoms with Crippen molar-refractivity contribution >= 4 is 17.6 Å². The number of benzene rings is 1. The maximum atomic E-state index is 11.2. The number of aromatic nitrogens is 1. The van der Waals surface area contributed by atoms with Crippen LogP contribution in [0.5, 0.6) is 0 Å². The van der Waals surface area contributed by atoms with Gasteiger partial charge in [0.1, 0.15) is 5.69 Å². The molecule has 4 nitrogen and oxygen atoms in total. The van der Waals surface area contributed by atoms with E-state index in [1.165, 1.54) is 6.07 Å². The van der Waals surface area contributed by atoms with Crippen LogP contribution in [0.4, 0.5) is 0 Å². The van der Waals surface area contributed by atoms with Crippen LogP contribution in [0.3, 0.4) is 0 Å². The smallest absolute Gasteiger partial charge is 0.354 e. The van der Waals surface area contributed by atoms with Crippen molar-refractivity contribution in [2.45, 2.75) is 18.9 Å². The van der Waals surface area contributed by atoms with Crippen molar-refractivity contribution in [3.63, 3.8) is 0 Å². The highest BCUT2D eigenvalue weighted by atomic mass is 35.5. The number of ether oxygens (including phenoxy) is 1. The molecule has 1 aliphatic rings. The van der Waals surface area contributed by atoms with Crippen molar-refractivity contribution in [3.05, 3.63) is 52.7 Å². The number of carboxylic acids is 1. The zero-order chi connectivity index (χ0) is 14.8. The maximum absolute atomic E-state index is 11.2. The number of hydrogen-bond donors (Lipinski definition) is 1. The molecule has 3 rings (SSSR count). The van der Waals surface area contributed by atoms with E-state index < -0.39 is 5.97 Å². The molecule has 1 aliphatic heterocycles. The van der Waals surface area contributed by atoms with Gasteiger partial charge < -0.3 is 9.84 Å². The number of hydrogen-bond acceptors (Lipinski definition) is 3. The predicted molar refractivity (Wildman–Crippen MR) is 79.6 cm³/mol. The average molecular weight is 304 g/mol. The van der Waals surface area contributed by atoms with Crippen molar-refractivity contribution in [2.75, 3.05) is 6.61 Å². The van der Waals surface area contributed by atoms with E-state index in [2.05, 4.69) is 4.98 Å². The molecule has 2 aromatic rings. The molecule has 1 fully saturated rings. The number of aromatic carboxylic acids is 1. The van der Waals surface area contributed by atoms with Gasteiger partial charge in [-0.15, -0.1) is 0 Å². The molecule has 0 amide bonds. The summed E-state index contributed by atoms with van der Waals surface area (Å²) in [4.78, 5) is 15.5. The highest BCUT2D eigenvalue weighted by molar-refractivity contribution is 6.30. The molecule has 1 N–H and O–H groups in total. The molecule has 21 heavy (non-hydrogen) atoms. The Bertz CT molecular complexity index is 681. The van der Waals surface area contributed by atoms with Crippen LogP contribution >= 0.6 is 11.6 Å². The largest absolute Gasteiger partial charge is 0.477 e. The summed E-state index contributed by atoms with van der Waals surface area (Å²) in [6.45, 7) is 0.723. The molecular formula is C16H14ClNO3. The van der Waals surface area contributed by atoms with Crippen molar-refractivity contribution in [1.82, 2.24) is 4.98 Å². The quantitative estimate of drug-likeness (QED) is 0.932. The summed E-state index contributed by atoms with van der Waals surface area (Å²) in [7, 11) is 0. The fraction of sp³-hybridized carbons (Fsp3) is 0.250. The normalized spacial score (nSPS) is 17.9. The second-order valence-electron chi connectivity index (χ2n) is 4.95. The Morgan fingerprint density at radius 1 is 1.33 bits per heavy atom. The van der Waals surface area contributed by atoms with Crippen LogP contribution in [0.1, 0.15) is 35.0 Å². The first kappa shape index (κ1) is 14.0. The SMILES string of the molecule is O=C(O)c1ccc(C2CCCO2)c(-c2cccc(Cl)c2)n1. The van der Waals surface area contributed by atoms with E-state index in [1.54, 1.807) is 18.2 Å². The van der Waals surface area contributed by atoms with Crippen LogP contribution in [0.2, 0.25) is 5.02 Å². The van der Waals surface area contributed by atoms with Crippen LogP contribution in [0, 0.1) is 0 Å². The van der Waals surface area contributed by atoms with Gasteiger partial charge in [0.15, 0.2) is 0 Å². The standard InChI is InChI=1S/C16H14ClNO3/c17-11-4-1-3-10(9-11)15-12(14-5-2-8-21-14)6-7-13(18-15)16(19)20/h1,3-4,6-7,9,14H,2,5,8H2,(H,19,20). The summed E-state index contributed by atoms with van der Waals surface area (Å²) < 4.78 is 5.71. The van der Waals surface area contributed by atoms with Gasteiger partial charge in [0.2, 0.25) is 0 Å². The summed E-state index contributed by atoms with van der Waals surface area (Å²) in [6.07, 6.45) is 1.89. The molecular weight excluding hydrogens is 290 g/mol. The lowest BCUT2D eigenvalue weighted by molar-refractivity contribution is 0.0690. The first-order valence-corrected chi connectivity index (χ1v) is 7.15. The monoisotopic (exact) mass is 303 g/mol. The number of rotatable bonds is 3. The molecule has 108 valence electrons. The minimum Gasteiger partial charge on any atom is -0.477 e. The van der Waals surface area contributed by atoms with Gasteiger partial charge in [-0.25, -0.2) is 9.78 Å². The van der Waals surface area contributed by atoms with Gasteiger partial charge in [0.25, 0.3) is 0 Å². The van der Waals surface area contributed by atoms with Gasteiger partial charge in [-0.2, -0.15) is 0 Å². The van der Waals surface area contributed by atoms with Crippen molar-refractivity contribution < 1.29 is 14.6 Å². The highest BCUT2D eigenvalue weighted by Crippen LogP contribution is 2.35. The number of carboxylic acid groups (broad SMARTS) is 1. The fourth-order valence-corrected chi connectivity index (χ4v) is 2.73. The molecule has 0 spiro atoms. The van der Waals surface area contributed by atoms with Crippen molar-refractivity contribution in [3.8, 4) is 11.3 Å². The van der Waals surface area contributed by atoms with Gasteiger partial charge >= 0.3 is 5.97 Å². The van der Waals surface area contributed by atoms with E-state index >= 15 is 0 Å². The molecule has 0 aliphatic carbocycles. The summed E-state index contributed by atoms with van der Waals surface area (Å²) in [5.41, 5.74) is 2.37. The van der Waals surface area contributed by atoms with Gasteiger partial charge in [0.05, 0.1) is 11.8 Å². The summed E-state index contributed by atoms with van der Waals surface area (Å²) in [5.74, 6) is -1.04. The third kappa shape index (κ3) is 2.91. The van der Waals surface area contributed by atoms with E-state index in [-0.39, 0.29) is 11.8 Å². The third-order valence-corrected chi connectivity index (χ3v) is 3.76. The van der Waals surface area contributed by atoms with E-state index in [0.717, 1.165) is 30.6 Å². The van der Waals surface area contributed by atoms with E-state index in [9.17, 15) is 4.79 Å². The minimum absolute atomic E-state index is 0.0201. The Morgan fingerprint density at radius 2 is 2.19 bits per heavy atom. The van der Waals surface area contributed by atoms with Crippen molar-refractivity contribution in [1.29, 1.82) is 0 Å². The molecule has 0 bridgehead atoms. The van der Waals surface area contributed by atoms with E-state index in [1.807, 2.05) is 12.1 Å². The molecule has 1 unspecified atom stereocenters. The minimum atomic E-state index is -1.04. The maximum Gasteiger partial charge on any atom is 0.354 e. The first-order valence-electron chi connectivity index (χ1n) is 6.77. The summed E-state index contributed by atoms with van der Waals surface area (Å²) in [6, 6.07) is 10.6. The second kappa shape index (κ2) is 5.84. The topological polar surface area (TPSA) is 59.4 Å². The van der Waals surface area contributed by atoms with Gasteiger partial charge in [-0.1, -0.05) is 29.8 Å². The summed E-state index contributed by atoms with van der Waals surface area (Å²) in [5, 5.41) is 9.74. The lowest BCUT2D eigenvalue weighted by atomic mass is 9.99. The molecule has 1 aromatic carbocycles. The van der Waals surface area contributed by atoms with Crippen LogP contribution in [-0.2, 0) is 4.74 Å². The Balaban J connectivity index is 2.13. The zero-order valence-corrected chi connectivity index (χ0v) is 12.0. The number of nitrogens with zero attached hydrogens (tertiary/aromatic N) is 1. The van der Waals surface area contributed by atoms with Crippen LogP contribution < -0.4 is 0 Å². The van der Waals surface area contributed by atoms with Gasteiger partial charge in [0, 0.05) is 22.8 Å². The van der Waals surface area contributed by atoms with Gasteiger partial charge in [-0.3, -0.25) is 0 Å². The zero-order valence-electron chi connectivity index (χ0n) is 11.3. The number of halogens is 1. The predicted octanol–water partition coefficient (Wildman–Crippen LogP) is 3.95. The number of pyridine rings is 1. The molecule has 1 saturated heterocycles. The lowest BCUT2D eigenvalue weighted by Crippen LogP contribution is -2.06. The second-order valence-corrected chi connectivity index (χ2v) is 5.39. The molecule has 0 radical (unpaired) electrons.